The third kappa shape index (κ3) is 9.16. The number of rotatable bonds is 14. The van der Waals surface area contributed by atoms with E-state index in [1.165, 1.54) is 18.2 Å². The van der Waals surface area contributed by atoms with Crippen LogP contribution in [0.25, 0.3) is 0 Å². The van der Waals surface area contributed by atoms with Crippen molar-refractivity contribution in [1.29, 1.82) is 0 Å². The van der Waals surface area contributed by atoms with E-state index in [1.807, 2.05) is 60.3 Å². The fraction of sp³-hybridized carbons (Fsp3) is 0.357. The molecule has 182 valence electrons. The van der Waals surface area contributed by atoms with Crippen molar-refractivity contribution in [3.63, 3.8) is 0 Å². The van der Waals surface area contributed by atoms with Crippen LogP contribution in [-0.4, -0.2) is 36.6 Å². The second-order valence-corrected chi connectivity index (χ2v) is 10.2. The predicted octanol–water partition coefficient (Wildman–Crippen LogP) is 7.62. The Morgan fingerprint density at radius 1 is 0.794 bits per heavy atom. The molecule has 0 fully saturated rings. The molecule has 0 aromatic heterocycles. The van der Waals surface area contributed by atoms with Crippen LogP contribution in [0, 0.1) is 0 Å². The average Bonchev–Trinajstić information content (AvgIpc) is 2.86. The van der Waals surface area contributed by atoms with Gasteiger partial charge in [-0.05, 0) is 78.1 Å². The van der Waals surface area contributed by atoms with E-state index in [4.69, 9.17) is 32.7 Å². The molecule has 0 saturated carbocycles. The minimum Gasteiger partial charge on any atom is -0.493 e. The number of benzene rings is 3. The smallest absolute Gasteiger partial charge is 0.154 e. The number of hydrogen-bond donors (Lipinski definition) is 1. The van der Waals surface area contributed by atoms with Crippen LogP contribution in [0.2, 0.25) is 10.0 Å². The summed E-state index contributed by atoms with van der Waals surface area (Å²) >= 11 is 14.1. The maximum Gasteiger partial charge on any atom is 0.154 e. The summed E-state index contributed by atoms with van der Waals surface area (Å²) in [5, 5.41) is 11.0. The van der Waals surface area contributed by atoms with Crippen LogP contribution in [0.15, 0.2) is 72.8 Å². The molecule has 34 heavy (non-hydrogen) atoms. The van der Waals surface area contributed by atoms with Crippen molar-refractivity contribution in [2.75, 3.05) is 25.2 Å². The molecular weight excluding hydrogens is 487 g/mol. The van der Waals surface area contributed by atoms with Gasteiger partial charge in [0, 0.05) is 35.2 Å². The molecule has 3 aromatic rings. The third-order valence-corrected chi connectivity index (χ3v) is 7.23. The highest BCUT2D eigenvalue weighted by Gasteiger charge is 2.14. The maximum atomic E-state index is 9.49. The molecule has 0 radical (unpaired) electrons. The Bertz CT molecular complexity index is 917. The van der Waals surface area contributed by atoms with E-state index < -0.39 is 6.29 Å². The van der Waals surface area contributed by atoms with E-state index in [1.54, 1.807) is 0 Å². The van der Waals surface area contributed by atoms with Crippen LogP contribution in [0.5, 0.6) is 5.75 Å². The maximum absolute atomic E-state index is 9.49. The molecule has 1 N–H and O–H groups in total. The monoisotopic (exact) mass is 518 g/mol. The second-order valence-electron chi connectivity index (χ2n) is 8.13. The molecule has 0 heterocycles. The van der Waals surface area contributed by atoms with E-state index in [-0.39, 0.29) is 0 Å². The van der Waals surface area contributed by atoms with Crippen molar-refractivity contribution < 1.29 is 14.6 Å². The van der Waals surface area contributed by atoms with E-state index in [0.717, 1.165) is 52.1 Å². The first-order valence-corrected chi connectivity index (χ1v) is 13.5. The van der Waals surface area contributed by atoms with Crippen LogP contribution >= 0.6 is 35.0 Å². The van der Waals surface area contributed by atoms with Gasteiger partial charge in [-0.15, -0.1) is 0 Å². The zero-order chi connectivity index (χ0) is 24.2. The van der Waals surface area contributed by atoms with Crippen molar-refractivity contribution in [3.8, 4) is 5.75 Å². The first kappa shape index (κ1) is 26.9. The number of hydrogen-bond acceptors (Lipinski definition) is 4. The van der Waals surface area contributed by atoms with Gasteiger partial charge in [0.15, 0.2) is 6.29 Å². The van der Waals surface area contributed by atoms with Crippen LogP contribution in [0.4, 0.5) is 0 Å². The van der Waals surface area contributed by atoms with Crippen LogP contribution < -0.4 is 4.74 Å². The van der Waals surface area contributed by atoms with Gasteiger partial charge in [0.1, 0.15) is 5.75 Å². The lowest BCUT2D eigenvalue weighted by atomic mass is 9.88. The predicted molar refractivity (Wildman–Crippen MR) is 145 cm³/mol. The molecule has 3 nitrogen and oxygen atoms in total. The number of ether oxygens (including phenoxy) is 2. The Kier molecular flexibility index (Phi) is 11.6. The second kappa shape index (κ2) is 14.7. The highest BCUT2D eigenvalue weighted by Crippen LogP contribution is 2.31. The van der Waals surface area contributed by atoms with Gasteiger partial charge in [0.2, 0.25) is 0 Å². The number of thioether (sulfide) groups is 1. The minimum absolute atomic E-state index is 0.329. The molecule has 0 amide bonds. The van der Waals surface area contributed by atoms with Crippen molar-refractivity contribution in [3.05, 3.63) is 99.5 Å². The Balaban J connectivity index is 1.38. The number of aliphatic hydroxyl groups is 1. The summed E-state index contributed by atoms with van der Waals surface area (Å²) in [4.78, 5) is 0. The number of halogens is 2. The van der Waals surface area contributed by atoms with Gasteiger partial charge in [0.05, 0.1) is 6.61 Å². The first-order chi connectivity index (χ1) is 16.5. The third-order valence-electron chi connectivity index (χ3n) is 5.70. The van der Waals surface area contributed by atoms with Gasteiger partial charge in [-0.2, -0.15) is 11.8 Å². The van der Waals surface area contributed by atoms with Crippen molar-refractivity contribution in [2.24, 2.45) is 0 Å². The van der Waals surface area contributed by atoms with Gasteiger partial charge in [-0.1, -0.05) is 59.6 Å². The normalized spacial score (nSPS) is 12.1. The van der Waals surface area contributed by atoms with Gasteiger partial charge in [0.25, 0.3) is 0 Å². The van der Waals surface area contributed by atoms with E-state index in [2.05, 4.69) is 24.3 Å². The molecule has 0 aliphatic rings. The Labute approximate surface area is 217 Å². The summed E-state index contributed by atoms with van der Waals surface area (Å²) in [6.07, 6.45) is 2.84. The van der Waals surface area contributed by atoms with Gasteiger partial charge < -0.3 is 14.6 Å². The summed E-state index contributed by atoms with van der Waals surface area (Å²) in [5.74, 6) is 3.24. The summed E-state index contributed by atoms with van der Waals surface area (Å²) in [6.45, 7) is 0.685. The standard InChI is InChI=1S/C28H32Cl2O3S/c1-32-28(31)17-6-21-4-15-26(16-5-21)33-18-20-34-19-2-3-27(22-7-11-24(29)12-8-22)23-9-13-25(30)14-10-23/h4-5,7-16,27-28,31H,2-3,6,17-20H2,1H3. The van der Waals surface area contributed by atoms with Gasteiger partial charge >= 0.3 is 0 Å². The number of aryl methyl sites for hydroxylation is 1. The Morgan fingerprint density at radius 3 is 1.94 bits per heavy atom. The molecular formula is C28H32Cl2O3S. The van der Waals surface area contributed by atoms with Crippen LogP contribution in [0.3, 0.4) is 0 Å². The van der Waals surface area contributed by atoms with Crippen LogP contribution in [-0.2, 0) is 11.2 Å². The lowest BCUT2D eigenvalue weighted by Gasteiger charge is -2.18. The minimum atomic E-state index is -0.708. The number of aliphatic hydroxyl groups excluding tert-OH is 1. The van der Waals surface area contributed by atoms with Crippen molar-refractivity contribution in [2.45, 2.75) is 37.9 Å². The molecule has 1 unspecified atom stereocenters. The van der Waals surface area contributed by atoms with E-state index >= 15 is 0 Å². The lowest BCUT2D eigenvalue weighted by molar-refractivity contribution is -0.0777. The first-order valence-electron chi connectivity index (χ1n) is 11.6. The highest BCUT2D eigenvalue weighted by molar-refractivity contribution is 7.99. The molecule has 6 heteroatoms. The van der Waals surface area contributed by atoms with Gasteiger partial charge in [-0.3, -0.25) is 0 Å². The molecule has 0 saturated heterocycles. The molecule has 0 aliphatic heterocycles. The Morgan fingerprint density at radius 2 is 1.38 bits per heavy atom. The number of methoxy groups -OCH3 is 1. The quantitative estimate of drug-likeness (QED) is 0.176. The molecule has 0 bridgehead atoms. The SMILES string of the molecule is COC(O)CCc1ccc(OCCSCCCC(c2ccc(Cl)cc2)c2ccc(Cl)cc2)cc1. The highest BCUT2D eigenvalue weighted by atomic mass is 35.5. The van der Waals surface area contributed by atoms with Crippen molar-refractivity contribution in [1.82, 2.24) is 0 Å². The fourth-order valence-electron chi connectivity index (χ4n) is 3.79. The zero-order valence-electron chi connectivity index (χ0n) is 19.5. The lowest BCUT2D eigenvalue weighted by Crippen LogP contribution is -2.09. The summed E-state index contributed by atoms with van der Waals surface area (Å²) in [7, 11) is 1.51. The zero-order valence-corrected chi connectivity index (χ0v) is 21.8. The molecule has 1 atom stereocenters. The summed E-state index contributed by atoms with van der Waals surface area (Å²) in [6, 6.07) is 24.4. The van der Waals surface area contributed by atoms with E-state index in [9.17, 15) is 5.11 Å². The van der Waals surface area contributed by atoms with Crippen LogP contribution in [0.1, 0.15) is 41.9 Å². The molecule has 0 aliphatic carbocycles. The van der Waals surface area contributed by atoms with E-state index in [0.29, 0.717) is 18.9 Å². The van der Waals surface area contributed by atoms with Gasteiger partial charge in [-0.25, -0.2) is 0 Å². The van der Waals surface area contributed by atoms with Crippen molar-refractivity contribution >= 4 is 35.0 Å². The Hall–Kier alpha value is -1.69. The largest absolute Gasteiger partial charge is 0.493 e. The average molecular weight is 520 g/mol. The molecule has 3 rings (SSSR count). The topological polar surface area (TPSA) is 38.7 Å². The summed E-state index contributed by atoms with van der Waals surface area (Å²) in [5.41, 5.74) is 3.72. The summed E-state index contributed by atoms with van der Waals surface area (Å²) < 4.78 is 10.8. The molecule has 3 aromatic carbocycles. The molecule has 0 spiro atoms. The fourth-order valence-corrected chi connectivity index (χ4v) is 4.81.